The molecular formula is C11H12N2O. The first-order valence-corrected chi connectivity index (χ1v) is 4.46. The normalized spacial score (nSPS) is 10.7. The number of aryl methyl sites for hydroxylation is 1. The van der Waals surface area contributed by atoms with E-state index in [2.05, 4.69) is 22.0 Å². The smallest absolute Gasteiger partial charge is 0.0930 e. The Morgan fingerprint density at radius 1 is 1.29 bits per heavy atom. The molecule has 0 amide bonds. The molecule has 0 radical (unpaired) electrons. The van der Waals surface area contributed by atoms with Gasteiger partial charge in [-0.2, -0.15) is 0 Å². The van der Waals surface area contributed by atoms with Crippen LogP contribution in [0.4, 0.5) is 0 Å². The van der Waals surface area contributed by atoms with Crippen LogP contribution in [0.15, 0.2) is 30.5 Å². The molecule has 2 N–H and O–H groups in total. The van der Waals surface area contributed by atoms with Crippen molar-refractivity contribution in [2.75, 3.05) is 0 Å². The third-order valence-corrected chi connectivity index (χ3v) is 2.17. The number of nitrogens with zero attached hydrogens (tertiary/aromatic N) is 1. The van der Waals surface area contributed by atoms with E-state index in [9.17, 15) is 0 Å². The zero-order chi connectivity index (χ0) is 9.97. The van der Waals surface area contributed by atoms with Gasteiger partial charge >= 0.3 is 0 Å². The Hall–Kier alpha value is -1.45. The lowest BCUT2D eigenvalue weighted by molar-refractivity contribution is 0.124. The van der Waals surface area contributed by atoms with E-state index >= 15 is 0 Å². The summed E-state index contributed by atoms with van der Waals surface area (Å²) in [4.78, 5) is 8.82. The van der Waals surface area contributed by atoms with Gasteiger partial charge in [0.25, 0.3) is 0 Å². The molecule has 0 saturated heterocycles. The maximum absolute atomic E-state index is 5.01. The van der Waals surface area contributed by atoms with Crippen molar-refractivity contribution in [1.29, 1.82) is 0 Å². The van der Waals surface area contributed by atoms with Crippen molar-refractivity contribution in [3.05, 3.63) is 41.7 Å². The monoisotopic (exact) mass is 188 g/mol. The van der Waals surface area contributed by atoms with E-state index in [1.165, 1.54) is 5.39 Å². The number of hydrogen-bond donors (Lipinski definition) is 1. The van der Waals surface area contributed by atoms with Gasteiger partial charge in [0.15, 0.2) is 0 Å². The van der Waals surface area contributed by atoms with E-state index in [0.717, 1.165) is 16.6 Å². The van der Waals surface area contributed by atoms with Crippen LogP contribution in [-0.2, 0) is 11.4 Å². The van der Waals surface area contributed by atoms with Gasteiger partial charge in [0.1, 0.15) is 0 Å². The number of aromatic nitrogens is 1. The van der Waals surface area contributed by atoms with E-state index in [4.69, 9.17) is 5.90 Å². The largest absolute Gasteiger partial charge is 0.300 e. The first kappa shape index (κ1) is 9.12. The Morgan fingerprint density at radius 2 is 2.14 bits per heavy atom. The predicted molar refractivity (Wildman–Crippen MR) is 55.5 cm³/mol. The van der Waals surface area contributed by atoms with Gasteiger partial charge < -0.3 is 0 Å². The molecule has 1 heterocycles. The second-order valence-corrected chi connectivity index (χ2v) is 3.32. The minimum atomic E-state index is 0.434. The Labute approximate surface area is 82.5 Å². The number of nitrogens with two attached hydrogens (primary N) is 1. The number of hydrogen-bond acceptors (Lipinski definition) is 3. The van der Waals surface area contributed by atoms with Crippen LogP contribution in [0.5, 0.6) is 0 Å². The summed E-state index contributed by atoms with van der Waals surface area (Å²) in [7, 11) is 0. The number of benzene rings is 1. The van der Waals surface area contributed by atoms with E-state index < -0.39 is 0 Å². The summed E-state index contributed by atoms with van der Waals surface area (Å²) in [6.07, 6.45) is 1.87. The maximum Gasteiger partial charge on any atom is 0.0930 e. The van der Waals surface area contributed by atoms with Crippen LogP contribution in [0.1, 0.15) is 11.3 Å². The predicted octanol–water partition coefficient (Wildman–Crippen LogP) is 1.93. The van der Waals surface area contributed by atoms with Gasteiger partial charge in [-0.3, -0.25) is 9.82 Å². The number of pyridine rings is 1. The van der Waals surface area contributed by atoms with Gasteiger partial charge in [0, 0.05) is 17.3 Å². The molecule has 0 saturated carbocycles. The molecule has 3 nitrogen and oxygen atoms in total. The van der Waals surface area contributed by atoms with E-state index in [-0.39, 0.29) is 0 Å². The first-order chi connectivity index (χ1) is 6.79. The Morgan fingerprint density at radius 3 is 2.93 bits per heavy atom. The van der Waals surface area contributed by atoms with Gasteiger partial charge in [-0.1, -0.05) is 12.1 Å². The lowest BCUT2D eigenvalue weighted by Gasteiger charge is -2.02. The molecule has 1 aromatic carbocycles. The molecule has 1 aromatic heterocycles. The fraction of sp³-hybridized carbons (Fsp3) is 0.182. The third kappa shape index (κ3) is 1.73. The van der Waals surface area contributed by atoms with Crippen LogP contribution in [0, 0.1) is 6.92 Å². The standard InChI is InChI=1S/C11H12N2O/c1-8-4-10-3-2-9(7-14-12)5-11(10)6-13-8/h2-6H,7,12H2,1H3. The summed E-state index contributed by atoms with van der Waals surface area (Å²) in [5.41, 5.74) is 2.09. The molecule has 0 spiro atoms. The highest BCUT2D eigenvalue weighted by Gasteiger charge is 1.97. The number of fused-ring (bicyclic) bond motifs is 1. The molecule has 2 aromatic rings. The average molecular weight is 188 g/mol. The van der Waals surface area contributed by atoms with Crippen LogP contribution in [0.2, 0.25) is 0 Å². The molecular weight excluding hydrogens is 176 g/mol. The number of rotatable bonds is 2. The summed E-state index contributed by atoms with van der Waals surface area (Å²) in [6.45, 7) is 2.42. The Balaban J connectivity index is 2.50. The van der Waals surface area contributed by atoms with Gasteiger partial charge in [-0.25, -0.2) is 5.90 Å². The van der Waals surface area contributed by atoms with Gasteiger partial charge in [-0.15, -0.1) is 0 Å². The molecule has 0 aliphatic rings. The zero-order valence-corrected chi connectivity index (χ0v) is 8.03. The van der Waals surface area contributed by atoms with Crippen molar-refractivity contribution in [3.63, 3.8) is 0 Å². The molecule has 0 aliphatic carbocycles. The van der Waals surface area contributed by atoms with Crippen molar-refractivity contribution >= 4 is 10.8 Å². The highest BCUT2D eigenvalue weighted by atomic mass is 16.6. The minimum absolute atomic E-state index is 0.434. The highest BCUT2D eigenvalue weighted by Crippen LogP contribution is 2.16. The van der Waals surface area contributed by atoms with Crippen molar-refractivity contribution < 1.29 is 4.84 Å². The molecule has 0 bridgehead atoms. The van der Waals surface area contributed by atoms with Crippen molar-refractivity contribution in [2.45, 2.75) is 13.5 Å². The zero-order valence-electron chi connectivity index (χ0n) is 8.03. The van der Waals surface area contributed by atoms with Crippen molar-refractivity contribution in [1.82, 2.24) is 4.98 Å². The molecule has 72 valence electrons. The molecule has 0 aliphatic heterocycles. The van der Waals surface area contributed by atoms with E-state index in [1.807, 2.05) is 25.3 Å². The van der Waals surface area contributed by atoms with Crippen molar-refractivity contribution in [3.8, 4) is 0 Å². The van der Waals surface area contributed by atoms with Crippen LogP contribution in [-0.4, -0.2) is 4.98 Å². The molecule has 3 heteroatoms. The molecule has 14 heavy (non-hydrogen) atoms. The SMILES string of the molecule is Cc1cc2ccc(CON)cc2cn1. The lowest BCUT2D eigenvalue weighted by Crippen LogP contribution is -1.98. The van der Waals surface area contributed by atoms with Gasteiger partial charge in [-0.05, 0) is 30.0 Å². The second-order valence-electron chi connectivity index (χ2n) is 3.32. The molecule has 0 unspecified atom stereocenters. The fourth-order valence-electron chi connectivity index (χ4n) is 1.49. The van der Waals surface area contributed by atoms with E-state index in [1.54, 1.807) is 0 Å². The van der Waals surface area contributed by atoms with Crippen molar-refractivity contribution in [2.24, 2.45) is 5.90 Å². The van der Waals surface area contributed by atoms with Crippen LogP contribution in [0.25, 0.3) is 10.8 Å². The van der Waals surface area contributed by atoms with Gasteiger partial charge in [0.2, 0.25) is 0 Å². The average Bonchev–Trinajstić information content (AvgIpc) is 2.19. The van der Waals surface area contributed by atoms with Crippen LogP contribution >= 0.6 is 0 Å². The first-order valence-electron chi connectivity index (χ1n) is 4.46. The molecule has 0 atom stereocenters. The second kappa shape index (κ2) is 3.74. The maximum atomic E-state index is 5.01. The fourth-order valence-corrected chi connectivity index (χ4v) is 1.49. The summed E-state index contributed by atoms with van der Waals surface area (Å²) in [5, 5.41) is 2.31. The molecule has 0 fully saturated rings. The summed E-state index contributed by atoms with van der Waals surface area (Å²) < 4.78 is 0. The summed E-state index contributed by atoms with van der Waals surface area (Å²) >= 11 is 0. The molecule has 2 rings (SSSR count). The summed E-state index contributed by atoms with van der Waals surface area (Å²) in [5.74, 6) is 5.01. The third-order valence-electron chi connectivity index (χ3n) is 2.17. The van der Waals surface area contributed by atoms with Crippen LogP contribution < -0.4 is 5.90 Å². The Kier molecular flexibility index (Phi) is 2.43. The van der Waals surface area contributed by atoms with Crippen LogP contribution in [0.3, 0.4) is 0 Å². The van der Waals surface area contributed by atoms with Gasteiger partial charge in [0.05, 0.1) is 6.61 Å². The lowest BCUT2D eigenvalue weighted by atomic mass is 10.1. The minimum Gasteiger partial charge on any atom is -0.300 e. The Bertz CT molecular complexity index is 454. The van der Waals surface area contributed by atoms with E-state index in [0.29, 0.717) is 6.61 Å². The highest BCUT2D eigenvalue weighted by molar-refractivity contribution is 5.82. The topological polar surface area (TPSA) is 48.1 Å². The summed E-state index contributed by atoms with van der Waals surface area (Å²) in [6, 6.07) is 8.16. The quantitative estimate of drug-likeness (QED) is 0.732.